The third-order valence-corrected chi connectivity index (χ3v) is 7.97. The Bertz CT molecular complexity index is 1800. The number of nitrogens with zero attached hydrogens (tertiary/aromatic N) is 4. The zero-order valence-corrected chi connectivity index (χ0v) is 21.5. The van der Waals surface area contributed by atoms with E-state index in [0.29, 0.717) is 49.3 Å². The maximum atomic E-state index is 13.9. The van der Waals surface area contributed by atoms with E-state index in [1.54, 1.807) is 12.1 Å². The minimum atomic E-state index is -0.306. The van der Waals surface area contributed by atoms with Gasteiger partial charge in [0.25, 0.3) is 11.5 Å². The number of fused-ring (bicyclic) bond motifs is 4. The largest absolute Gasteiger partial charge is 0.381 e. The zero-order valence-electron chi connectivity index (χ0n) is 21.5. The molecule has 0 aliphatic carbocycles. The van der Waals surface area contributed by atoms with Crippen molar-refractivity contribution in [2.75, 3.05) is 19.8 Å². The van der Waals surface area contributed by atoms with Crippen LogP contribution in [0.3, 0.4) is 0 Å². The molecule has 5 aromatic rings. The first kappa shape index (κ1) is 23.8. The highest BCUT2D eigenvalue weighted by Crippen LogP contribution is 2.30. The second-order valence-corrected chi connectivity index (χ2v) is 10.4. The Kier molecular flexibility index (Phi) is 5.59. The van der Waals surface area contributed by atoms with Crippen LogP contribution in [0.25, 0.3) is 27.9 Å². The van der Waals surface area contributed by atoms with Gasteiger partial charge in [-0.2, -0.15) is 0 Å². The summed E-state index contributed by atoms with van der Waals surface area (Å²) >= 11 is 0. The molecule has 1 fully saturated rings. The lowest BCUT2D eigenvalue weighted by Gasteiger charge is -2.28. The van der Waals surface area contributed by atoms with Crippen molar-refractivity contribution in [3.63, 3.8) is 0 Å². The van der Waals surface area contributed by atoms with Gasteiger partial charge < -0.3 is 19.6 Å². The molecule has 1 amide bonds. The molecular weight excluding hydrogens is 499 g/mol. The summed E-state index contributed by atoms with van der Waals surface area (Å²) in [5.41, 5.74) is 6.62. The van der Waals surface area contributed by atoms with Crippen LogP contribution in [0.4, 0.5) is 4.39 Å². The van der Waals surface area contributed by atoms with Crippen molar-refractivity contribution >= 4 is 22.6 Å². The predicted octanol–water partition coefficient (Wildman–Crippen LogP) is 4.11. The first-order valence-corrected chi connectivity index (χ1v) is 13.2. The lowest BCUT2D eigenvalue weighted by Crippen LogP contribution is -2.36. The summed E-state index contributed by atoms with van der Waals surface area (Å²) in [5, 5.41) is 8.59. The van der Waals surface area contributed by atoms with Crippen molar-refractivity contribution in [1.29, 1.82) is 0 Å². The maximum absolute atomic E-state index is 13.9. The van der Waals surface area contributed by atoms with E-state index < -0.39 is 0 Å². The lowest BCUT2D eigenvalue weighted by atomic mass is 9.99. The molecule has 0 spiro atoms. The SMILES string of the molecule is Cc1cc2[nH]c(=O)c3nnc(C4CCOCC4)n3c2cc1C(=O)N1CCc2[nH]c(-c3ccc(F)cc3)cc2C1. The molecule has 0 unspecified atom stereocenters. The normalized spacial score (nSPS) is 16.2. The van der Waals surface area contributed by atoms with Crippen molar-refractivity contribution in [2.24, 2.45) is 0 Å². The number of rotatable bonds is 3. The van der Waals surface area contributed by atoms with E-state index in [2.05, 4.69) is 20.2 Å². The molecule has 10 heteroatoms. The van der Waals surface area contributed by atoms with E-state index in [1.807, 2.05) is 34.4 Å². The fourth-order valence-electron chi connectivity index (χ4n) is 5.86. The van der Waals surface area contributed by atoms with Gasteiger partial charge in [-0.15, -0.1) is 10.2 Å². The Labute approximate surface area is 222 Å². The number of ether oxygens (including phenoxy) is 1. The van der Waals surface area contributed by atoms with Gasteiger partial charge in [-0.3, -0.25) is 14.0 Å². The molecule has 0 radical (unpaired) electrons. The van der Waals surface area contributed by atoms with Gasteiger partial charge in [-0.05, 0) is 78.9 Å². The topological polar surface area (TPSA) is 108 Å². The Balaban J connectivity index is 1.25. The van der Waals surface area contributed by atoms with Crippen LogP contribution in [0, 0.1) is 12.7 Å². The molecule has 1 saturated heterocycles. The molecule has 9 nitrogen and oxygen atoms in total. The van der Waals surface area contributed by atoms with Gasteiger partial charge in [-0.1, -0.05) is 0 Å². The van der Waals surface area contributed by atoms with Crippen LogP contribution in [0.15, 0.2) is 47.3 Å². The molecule has 2 aromatic carbocycles. The van der Waals surface area contributed by atoms with Crippen LogP contribution >= 0.6 is 0 Å². The Morgan fingerprint density at radius 1 is 1.08 bits per heavy atom. The molecule has 2 aliphatic rings. The van der Waals surface area contributed by atoms with Crippen molar-refractivity contribution in [3.8, 4) is 11.3 Å². The number of hydrogen-bond acceptors (Lipinski definition) is 5. The smallest absolute Gasteiger partial charge is 0.294 e. The number of carbonyl (C=O) groups excluding carboxylic acids is 1. The van der Waals surface area contributed by atoms with E-state index in [1.165, 1.54) is 12.1 Å². The van der Waals surface area contributed by atoms with Crippen LogP contribution in [-0.2, 0) is 17.7 Å². The first-order valence-electron chi connectivity index (χ1n) is 13.2. The van der Waals surface area contributed by atoms with Crippen LogP contribution in [-0.4, -0.2) is 55.1 Å². The number of aryl methyl sites for hydroxylation is 1. The van der Waals surface area contributed by atoms with Crippen LogP contribution in [0.1, 0.15) is 51.8 Å². The summed E-state index contributed by atoms with van der Waals surface area (Å²) in [6, 6.07) is 12.1. The second-order valence-electron chi connectivity index (χ2n) is 10.4. The van der Waals surface area contributed by atoms with Gasteiger partial charge in [0.1, 0.15) is 11.6 Å². The molecule has 3 aromatic heterocycles. The van der Waals surface area contributed by atoms with Gasteiger partial charge in [0.15, 0.2) is 0 Å². The Morgan fingerprint density at radius 2 is 1.87 bits per heavy atom. The molecule has 2 aliphatic heterocycles. The zero-order chi connectivity index (χ0) is 26.7. The molecule has 2 N–H and O–H groups in total. The predicted molar refractivity (Wildman–Crippen MR) is 143 cm³/mol. The third-order valence-electron chi connectivity index (χ3n) is 7.97. The number of benzene rings is 2. The van der Waals surface area contributed by atoms with E-state index in [0.717, 1.165) is 46.7 Å². The number of H-pyrrole nitrogens is 2. The fraction of sp³-hybridized carbons (Fsp3) is 0.310. The van der Waals surface area contributed by atoms with Crippen molar-refractivity contribution in [2.45, 2.75) is 38.6 Å². The number of aromatic nitrogens is 5. The number of hydrogen-bond donors (Lipinski definition) is 2. The number of halogens is 1. The maximum Gasteiger partial charge on any atom is 0.294 e. The van der Waals surface area contributed by atoms with Crippen molar-refractivity contribution < 1.29 is 13.9 Å². The van der Waals surface area contributed by atoms with E-state index >= 15 is 0 Å². The van der Waals surface area contributed by atoms with E-state index in [4.69, 9.17) is 4.74 Å². The molecule has 39 heavy (non-hydrogen) atoms. The van der Waals surface area contributed by atoms with E-state index in [-0.39, 0.29) is 28.8 Å². The molecule has 0 bridgehead atoms. The van der Waals surface area contributed by atoms with Crippen LogP contribution < -0.4 is 5.56 Å². The summed E-state index contributed by atoms with van der Waals surface area (Å²) in [6.07, 6.45) is 2.31. The Morgan fingerprint density at radius 3 is 2.67 bits per heavy atom. The monoisotopic (exact) mass is 526 g/mol. The summed E-state index contributed by atoms with van der Waals surface area (Å²) in [6.45, 7) is 4.22. The minimum Gasteiger partial charge on any atom is -0.381 e. The quantitative estimate of drug-likeness (QED) is 0.368. The van der Waals surface area contributed by atoms with Crippen molar-refractivity contribution in [1.82, 2.24) is 29.5 Å². The third kappa shape index (κ3) is 4.02. The highest BCUT2D eigenvalue weighted by Gasteiger charge is 2.27. The average molecular weight is 527 g/mol. The Hall–Kier alpha value is -4.31. The number of amides is 1. The van der Waals surface area contributed by atoms with Gasteiger partial charge in [0.05, 0.1) is 11.0 Å². The standard InChI is InChI=1S/C29H27FN6O3/c1-16-12-24-25(36-26(18-7-10-39-11-8-18)33-34-27(36)28(37)32-24)14-21(16)29(38)35-9-6-22-19(15-35)13-23(31-22)17-2-4-20(30)5-3-17/h2-5,12-14,18,31H,6-11,15H2,1H3,(H,32,37). The van der Waals surface area contributed by atoms with E-state index in [9.17, 15) is 14.0 Å². The summed E-state index contributed by atoms with van der Waals surface area (Å²) < 4.78 is 20.7. The lowest BCUT2D eigenvalue weighted by molar-refractivity contribution is 0.0733. The van der Waals surface area contributed by atoms with Crippen LogP contribution in [0.2, 0.25) is 0 Å². The fourth-order valence-corrected chi connectivity index (χ4v) is 5.86. The van der Waals surface area contributed by atoms with Crippen LogP contribution in [0.5, 0.6) is 0 Å². The van der Waals surface area contributed by atoms with Crippen molar-refractivity contribution in [3.05, 3.63) is 86.8 Å². The second kappa shape index (κ2) is 9.16. The molecule has 198 valence electrons. The summed E-state index contributed by atoms with van der Waals surface area (Å²) in [5.74, 6) is 0.522. The van der Waals surface area contributed by atoms with Gasteiger partial charge in [0.2, 0.25) is 5.65 Å². The molecule has 0 atom stereocenters. The molecular formula is C29H27FN6O3. The summed E-state index contributed by atoms with van der Waals surface area (Å²) in [4.78, 5) is 34.9. The molecule has 0 saturated carbocycles. The summed E-state index contributed by atoms with van der Waals surface area (Å²) in [7, 11) is 0. The minimum absolute atomic E-state index is 0.0652. The number of nitrogens with one attached hydrogen (secondary N) is 2. The number of carbonyl (C=O) groups is 1. The van der Waals surface area contributed by atoms with Gasteiger partial charge >= 0.3 is 0 Å². The first-order chi connectivity index (χ1) is 19.0. The highest BCUT2D eigenvalue weighted by molar-refractivity contribution is 5.99. The number of aromatic amines is 2. The van der Waals surface area contributed by atoms with Gasteiger partial charge in [-0.25, -0.2) is 4.39 Å². The average Bonchev–Trinajstić information content (AvgIpc) is 3.58. The molecule has 5 heterocycles. The molecule has 7 rings (SSSR count). The highest BCUT2D eigenvalue weighted by atomic mass is 19.1. The van der Waals surface area contributed by atoms with Gasteiger partial charge in [0, 0.05) is 55.6 Å².